The SMILES string of the molecule is c1cn(C[C@@H]2CO[C@]3(COCCN(Cc4ccoc4)C3)C2)cn1. The first kappa shape index (κ1) is 14.9. The minimum Gasteiger partial charge on any atom is -0.472 e. The van der Waals surface area contributed by atoms with Crippen LogP contribution in [0.2, 0.25) is 0 Å². The third kappa shape index (κ3) is 3.49. The Morgan fingerprint density at radius 2 is 2.39 bits per heavy atom. The third-order valence-electron chi connectivity index (χ3n) is 4.73. The quantitative estimate of drug-likeness (QED) is 0.860. The Kier molecular flexibility index (Phi) is 4.20. The Morgan fingerprint density at radius 3 is 3.22 bits per heavy atom. The first-order valence-electron chi connectivity index (χ1n) is 8.22. The van der Waals surface area contributed by atoms with Gasteiger partial charge in [0, 0.05) is 50.1 Å². The summed E-state index contributed by atoms with van der Waals surface area (Å²) in [5, 5.41) is 0. The van der Waals surface area contributed by atoms with E-state index >= 15 is 0 Å². The summed E-state index contributed by atoms with van der Waals surface area (Å²) >= 11 is 0. The van der Waals surface area contributed by atoms with E-state index in [4.69, 9.17) is 13.9 Å². The van der Waals surface area contributed by atoms with Crippen molar-refractivity contribution in [3.05, 3.63) is 42.9 Å². The van der Waals surface area contributed by atoms with Gasteiger partial charge < -0.3 is 18.5 Å². The van der Waals surface area contributed by atoms with Crippen LogP contribution in [0.4, 0.5) is 0 Å². The molecule has 6 heteroatoms. The van der Waals surface area contributed by atoms with Crippen molar-refractivity contribution in [1.29, 1.82) is 0 Å². The second-order valence-electron chi connectivity index (χ2n) is 6.72. The molecule has 2 aromatic heterocycles. The van der Waals surface area contributed by atoms with Gasteiger partial charge in [-0.3, -0.25) is 4.90 Å². The van der Waals surface area contributed by atoms with Crippen molar-refractivity contribution in [2.45, 2.75) is 25.1 Å². The van der Waals surface area contributed by atoms with Crippen LogP contribution in [0.3, 0.4) is 0 Å². The molecule has 2 saturated heterocycles. The molecule has 0 aliphatic carbocycles. The fourth-order valence-electron chi connectivity index (χ4n) is 3.72. The molecule has 0 bridgehead atoms. The molecule has 6 nitrogen and oxygen atoms in total. The minimum absolute atomic E-state index is 0.175. The van der Waals surface area contributed by atoms with Gasteiger partial charge in [-0.2, -0.15) is 0 Å². The number of hydrogen-bond acceptors (Lipinski definition) is 5. The van der Waals surface area contributed by atoms with Gasteiger partial charge in [-0.1, -0.05) is 0 Å². The summed E-state index contributed by atoms with van der Waals surface area (Å²) in [5.41, 5.74) is 1.03. The molecule has 2 aromatic rings. The Bertz CT molecular complexity index is 599. The molecular weight excluding hydrogens is 294 g/mol. The number of hydrogen-bond donors (Lipinski definition) is 0. The largest absolute Gasteiger partial charge is 0.472 e. The summed E-state index contributed by atoms with van der Waals surface area (Å²) < 4.78 is 19.4. The summed E-state index contributed by atoms with van der Waals surface area (Å²) in [4.78, 5) is 6.53. The molecule has 4 rings (SSSR count). The number of aromatic nitrogens is 2. The molecule has 2 aliphatic heterocycles. The van der Waals surface area contributed by atoms with E-state index in [-0.39, 0.29) is 5.60 Å². The molecule has 1 spiro atoms. The van der Waals surface area contributed by atoms with E-state index in [1.165, 1.54) is 5.56 Å². The normalized spacial score (nSPS) is 29.1. The molecule has 4 heterocycles. The van der Waals surface area contributed by atoms with Crippen molar-refractivity contribution in [1.82, 2.24) is 14.5 Å². The first-order valence-corrected chi connectivity index (χ1v) is 8.22. The standard InChI is InChI=1S/C17H23N3O3/c1-5-21-10-15(1)8-19-4-6-22-13-17(12-19)7-16(11-23-17)9-20-3-2-18-14-20/h1-3,5,10,14,16H,4,6-9,11-13H2/t16-,17-/m1/s1. The average molecular weight is 317 g/mol. The van der Waals surface area contributed by atoms with Crippen LogP contribution in [-0.2, 0) is 22.6 Å². The number of imidazole rings is 1. The molecule has 2 atom stereocenters. The Balaban J connectivity index is 1.40. The molecule has 0 aromatic carbocycles. The van der Waals surface area contributed by atoms with Crippen molar-refractivity contribution in [2.24, 2.45) is 5.92 Å². The van der Waals surface area contributed by atoms with E-state index in [2.05, 4.69) is 14.5 Å². The molecule has 0 N–H and O–H groups in total. The second kappa shape index (κ2) is 6.47. The van der Waals surface area contributed by atoms with Crippen LogP contribution in [0.15, 0.2) is 41.7 Å². The topological polar surface area (TPSA) is 52.7 Å². The predicted molar refractivity (Wildman–Crippen MR) is 83.8 cm³/mol. The van der Waals surface area contributed by atoms with Crippen molar-refractivity contribution >= 4 is 0 Å². The molecule has 0 saturated carbocycles. The number of rotatable bonds is 4. The summed E-state index contributed by atoms with van der Waals surface area (Å²) in [6, 6.07) is 2.02. The molecular formula is C17H23N3O3. The van der Waals surface area contributed by atoms with E-state index in [9.17, 15) is 0 Å². The number of furan rings is 1. The maximum Gasteiger partial charge on any atom is 0.104 e. The minimum atomic E-state index is -0.175. The molecule has 124 valence electrons. The first-order chi connectivity index (χ1) is 11.3. The van der Waals surface area contributed by atoms with Gasteiger partial charge in [-0.15, -0.1) is 0 Å². The fourth-order valence-corrected chi connectivity index (χ4v) is 3.72. The van der Waals surface area contributed by atoms with E-state index in [1.54, 1.807) is 6.26 Å². The van der Waals surface area contributed by atoms with Crippen molar-refractivity contribution in [2.75, 3.05) is 32.9 Å². The summed E-state index contributed by atoms with van der Waals surface area (Å²) in [6.07, 6.45) is 10.3. The average Bonchev–Trinajstić information content (AvgIpc) is 3.25. The van der Waals surface area contributed by atoms with Gasteiger partial charge >= 0.3 is 0 Å². The van der Waals surface area contributed by atoms with Crippen molar-refractivity contribution in [3.63, 3.8) is 0 Å². The second-order valence-corrected chi connectivity index (χ2v) is 6.72. The highest BCUT2D eigenvalue weighted by Crippen LogP contribution is 2.34. The van der Waals surface area contributed by atoms with Crippen molar-refractivity contribution < 1.29 is 13.9 Å². The maximum atomic E-state index is 6.25. The van der Waals surface area contributed by atoms with Gasteiger partial charge in [0.05, 0.1) is 38.7 Å². The van der Waals surface area contributed by atoms with Crippen molar-refractivity contribution in [3.8, 4) is 0 Å². The van der Waals surface area contributed by atoms with E-state index in [0.717, 1.165) is 45.8 Å². The summed E-state index contributed by atoms with van der Waals surface area (Å²) in [7, 11) is 0. The Hall–Kier alpha value is -1.63. The van der Waals surface area contributed by atoms with Crippen LogP contribution in [-0.4, -0.2) is 53.0 Å². The highest BCUT2D eigenvalue weighted by atomic mass is 16.5. The van der Waals surface area contributed by atoms with Crippen LogP contribution in [0.5, 0.6) is 0 Å². The van der Waals surface area contributed by atoms with E-state index < -0.39 is 0 Å². The smallest absolute Gasteiger partial charge is 0.104 e. The number of nitrogens with zero attached hydrogens (tertiary/aromatic N) is 3. The highest BCUT2D eigenvalue weighted by Gasteiger charge is 2.43. The zero-order valence-electron chi connectivity index (χ0n) is 13.3. The molecule has 0 unspecified atom stereocenters. The highest BCUT2D eigenvalue weighted by molar-refractivity contribution is 5.06. The molecule has 2 aliphatic rings. The lowest BCUT2D eigenvalue weighted by molar-refractivity contribution is -0.0563. The van der Waals surface area contributed by atoms with Crippen LogP contribution in [0.25, 0.3) is 0 Å². The van der Waals surface area contributed by atoms with E-state index in [0.29, 0.717) is 12.5 Å². The Morgan fingerprint density at radius 1 is 1.39 bits per heavy atom. The monoisotopic (exact) mass is 317 g/mol. The van der Waals surface area contributed by atoms with Crippen LogP contribution >= 0.6 is 0 Å². The van der Waals surface area contributed by atoms with Gasteiger partial charge in [-0.05, 0) is 12.5 Å². The van der Waals surface area contributed by atoms with Gasteiger partial charge in [0.1, 0.15) is 5.60 Å². The lowest BCUT2D eigenvalue weighted by atomic mass is 9.94. The Labute approximate surface area is 136 Å². The van der Waals surface area contributed by atoms with Gasteiger partial charge in [0.25, 0.3) is 0 Å². The fraction of sp³-hybridized carbons (Fsp3) is 0.588. The molecule has 0 amide bonds. The van der Waals surface area contributed by atoms with Crippen LogP contribution in [0.1, 0.15) is 12.0 Å². The molecule has 23 heavy (non-hydrogen) atoms. The third-order valence-corrected chi connectivity index (χ3v) is 4.73. The lowest BCUT2D eigenvalue weighted by Gasteiger charge is -2.31. The molecule has 0 radical (unpaired) electrons. The molecule has 2 fully saturated rings. The zero-order valence-corrected chi connectivity index (χ0v) is 13.3. The zero-order chi connectivity index (χ0) is 15.5. The van der Waals surface area contributed by atoms with E-state index in [1.807, 2.05) is 31.1 Å². The summed E-state index contributed by atoms with van der Waals surface area (Å²) in [5.74, 6) is 0.515. The maximum absolute atomic E-state index is 6.25. The number of ether oxygens (including phenoxy) is 2. The summed E-state index contributed by atoms with van der Waals surface area (Å²) in [6.45, 7) is 5.94. The van der Waals surface area contributed by atoms with Gasteiger partial charge in [0.15, 0.2) is 0 Å². The van der Waals surface area contributed by atoms with Gasteiger partial charge in [-0.25, -0.2) is 4.98 Å². The predicted octanol–water partition coefficient (Wildman–Crippen LogP) is 1.78. The van der Waals surface area contributed by atoms with Crippen LogP contribution < -0.4 is 0 Å². The lowest BCUT2D eigenvalue weighted by Crippen LogP contribution is -2.43. The van der Waals surface area contributed by atoms with Crippen LogP contribution in [0, 0.1) is 5.92 Å². The van der Waals surface area contributed by atoms with Gasteiger partial charge in [0.2, 0.25) is 0 Å².